The molecular weight excluding hydrogens is 270 g/mol. The monoisotopic (exact) mass is 291 g/mol. The molecule has 0 fully saturated rings. The minimum Gasteiger partial charge on any atom is -0.326 e. The highest BCUT2D eigenvalue weighted by molar-refractivity contribution is 6.30. The number of hydrogen-bond donors (Lipinski definition) is 1. The number of halogens is 1. The Morgan fingerprint density at radius 2 is 1.80 bits per heavy atom. The van der Waals surface area contributed by atoms with Crippen molar-refractivity contribution in [2.45, 2.75) is 46.2 Å². The first-order valence-electron chi connectivity index (χ1n) is 6.99. The number of aromatic nitrogens is 2. The molecule has 20 heavy (non-hydrogen) atoms. The van der Waals surface area contributed by atoms with Crippen LogP contribution >= 0.6 is 11.6 Å². The second-order valence-corrected chi connectivity index (χ2v) is 5.75. The van der Waals surface area contributed by atoms with Gasteiger partial charge in [0, 0.05) is 16.8 Å². The van der Waals surface area contributed by atoms with Gasteiger partial charge in [-0.3, -0.25) is 4.68 Å². The van der Waals surface area contributed by atoms with Crippen molar-refractivity contribution in [3.8, 4) is 0 Å². The van der Waals surface area contributed by atoms with E-state index in [0.717, 1.165) is 22.7 Å². The van der Waals surface area contributed by atoms with Gasteiger partial charge in [-0.2, -0.15) is 5.10 Å². The molecule has 4 heteroatoms. The van der Waals surface area contributed by atoms with Gasteiger partial charge in [-0.05, 0) is 50.5 Å². The van der Waals surface area contributed by atoms with Crippen LogP contribution in [-0.2, 0) is 0 Å². The van der Waals surface area contributed by atoms with Crippen LogP contribution in [0.4, 0.5) is 0 Å². The van der Waals surface area contributed by atoms with Gasteiger partial charge in [-0.15, -0.1) is 0 Å². The zero-order valence-electron chi connectivity index (χ0n) is 12.5. The van der Waals surface area contributed by atoms with Crippen molar-refractivity contribution in [3.05, 3.63) is 51.8 Å². The molecule has 0 saturated carbocycles. The summed E-state index contributed by atoms with van der Waals surface area (Å²) in [7, 11) is 0. The third-order valence-electron chi connectivity index (χ3n) is 4.04. The molecule has 3 nitrogen and oxygen atoms in total. The average molecular weight is 292 g/mol. The van der Waals surface area contributed by atoms with Crippen molar-refractivity contribution < 1.29 is 0 Å². The molecule has 0 aliphatic rings. The first kappa shape index (κ1) is 15.1. The number of rotatable bonds is 4. The minimum absolute atomic E-state index is 0.0218. The summed E-state index contributed by atoms with van der Waals surface area (Å²) >= 11 is 5.98. The van der Waals surface area contributed by atoms with Gasteiger partial charge in [0.15, 0.2) is 0 Å². The second-order valence-electron chi connectivity index (χ2n) is 5.31. The van der Waals surface area contributed by atoms with Crippen molar-refractivity contribution in [2.24, 2.45) is 5.73 Å². The van der Waals surface area contributed by atoms with Crippen molar-refractivity contribution in [1.29, 1.82) is 0 Å². The number of nitrogens with zero attached hydrogens (tertiary/aromatic N) is 2. The zero-order chi connectivity index (χ0) is 14.9. The van der Waals surface area contributed by atoms with Crippen molar-refractivity contribution >= 4 is 11.6 Å². The van der Waals surface area contributed by atoms with Gasteiger partial charge in [0.05, 0.1) is 11.7 Å². The third-order valence-corrected chi connectivity index (χ3v) is 4.29. The van der Waals surface area contributed by atoms with Gasteiger partial charge in [-0.1, -0.05) is 30.7 Å². The highest BCUT2D eigenvalue weighted by Gasteiger charge is 2.24. The Labute approximate surface area is 125 Å². The Morgan fingerprint density at radius 1 is 1.20 bits per heavy atom. The molecule has 0 amide bonds. The second kappa shape index (κ2) is 5.98. The molecule has 1 aromatic heterocycles. The van der Waals surface area contributed by atoms with Crippen molar-refractivity contribution in [1.82, 2.24) is 9.78 Å². The molecule has 0 bridgehead atoms. The third kappa shape index (κ3) is 2.74. The quantitative estimate of drug-likeness (QED) is 0.931. The van der Waals surface area contributed by atoms with Crippen LogP contribution in [0.3, 0.4) is 0 Å². The van der Waals surface area contributed by atoms with E-state index >= 15 is 0 Å². The first-order valence-corrected chi connectivity index (χ1v) is 7.36. The highest BCUT2D eigenvalue weighted by Crippen LogP contribution is 2.27. The lowest BCUT2D eigenvalue weighted by Gasteiger charge is -2.25. The molecule has 0 saturated heterocycles. The fraction of sp³-hybridized carbons (Fsp3) is 0.438. The molecule has 2 unspecified atom stereocenters. The largest absolute Gasteiger partial charge is 0.326 e. The van der Waals surface area contributed by atoms with Gasteiger partial charge in [-0.25, -0.2) is 0 Å². The summed E-state index contributed by atoms with van der Waals surface area (Å²) in [5.41, 5.74) is 11.0. The molecular formula is C16H22ClN3. The number of aryl methyl sites for hydroxylation is 1. The molecule has 1 heterocycles. The Morgan fingerprint density at radius 3 is 2.25 bits per heavy atom. The summed E-state index contributed by atoms with van der Waals surface area (Å²) in [6.07, 6.45) is 0.894. The van der Waals surface area contributed by atoms with Gasteiger partial charge >= 0.3 is 0 Å². The minimum atomic E-state index is 0.0218. The molecule has 0 spiro atoms. The number of hydrogen-bond acceptors (Lipinski definition) is 2. The first-order chi connectivity index (χ1) is 9.45. The maximum atomic E-state index is 6.35. The summed E-state index contributed by atoms with van der Waals surface area (Å²) in [5.74, 6) is 0. The average Bonchev–Trinajstić information content (AvgIpc) is 2.69. The molecule has 2 aromatic rings. The Balaban J connectivity index is 2.52. The predicted octanol–water partition coefficient (Wildman–Crippen LogP) is 3.79. The molecule has 2 atom stereocenters. The summed E-state index contributed by atoms with van der Waals surface area (Å²) < 4.78 is 2.06. The summed E-state index contributed by atoms with van der Waals surface area (Å²) in [6.45, 7) is 8.34. The fourth-order valence-electron chi connectivity index (χ4n) is 2.47. The molecule has 2 N–H and O–H groups in total. The van der Waals surface area contributed by atoms with Crippen LogP contribution in [0.5, 0.6) is 0 Å². The maximum Gasteiger partial charge on any atom is 0.0922 e. The Kier molecular flexibility index (Phi) is 4.51. The molecule has 1 aromatic carbocycles. The summed E-state index contributed by atoms with van der Waals surface area (Å²) in [5, 5.41) is 5.42. The number of benzene rings is 1. The van der Waals surface area contributed by atoms with Crippen LogP contribution < -0.4 is 5.73 Å². The normalized spacial score (nSPS) is 14.3. The van der Waals surface area contributed by atoms with E-state index in [2.05, 4.69) is 30.6 Å². The Hall–Kier alpha value is -1.32. The van der Waals surface area contributed by atoms with Crippen molar-refractivity contribution in [3.63, 3.8) is 0 Å². The van der Waals surface area contributed by atoms with E-state index in [1.54, 1.807) is 0 Å². The Bertz CT molecular complexity index is 587. The predicted molar refractivity (Wildman–Crippen MR) is 84.3 cm³/mol. The lowest BCUT2D eigenvalue weighted by molar-refractivity contribution is 0.415. The molecule has 0 radical (unpaired) electrons. The highest BCUT2D eigenvalue weighted by atomic mass is 35.5. The van der Waals surface area contributed by atoms with Crippen LogP contribution in [0.15, 0.2) is 24.3 Å². The number of nitrogens with two attached hydrogens (primary N) is 1. The van der Waals surface area contributed by atoms with Crippen LogP contribution in [0.25, 0.3) is 0 Å². The van der Waals surface area contributed by atoms with Gasteiger partial charge in [0.25, 0.3) is 0 Å². The van der Waals surface area contributed by atoms with E-state index in [0.29, 0.717) is 0 Å². The molecule has 108 valence electrons. The van der Waals surface area contributed by atoms with E-state index in [1.165, 1.54) is 11.3 Å². The van der Waals surface area contributed by atoms with Crippen LogP contribution in [-0.4, -0.2) is 15.8 Å². The van der Waals surface area contributed by atoms with Gasteiger partial charge in [0.1, 0.15) is 0 Å². The summed E-state index contributed by atoms with van der Waals surface area (Å²) in [6, 6.07) is 7.95. The molecule has 0 aliphatic heterocycles. The zero-order valence-corrected chi connectivity index (χ0v) is 13.3. The maximum absolute atomic E-state index is 6.35. The molecule has 0 aliphatic carbocycles. The van der Waals surface area contributed by atoms with E-state index in [-0.39, 0.29) is 12.1 Å². The lowest BCUT2D eigenvalue weighted by Crippen LogP contribution is -2.33. The van der Waals surface area contributed by atoms with Crippen molar-refractivity contribution in [2.75, 3.05) is 0 Å². The van der Waals surface area contributed by atoms with Crippen LogP contribution in [0.1, 0.15) is 41.9 Å². The van der Waals surface area contributed by atoms with Gasteiger partial charge < -0.3 is 5.73 Å². The smallest absolute Gasteiger partial charge is 0.0922 e. The van der Waals surface area contributed by atoms with E-state index in [1.807, 2.05) is 31.2 Å². The summed E-state index contributed by atoms with van der Waals surface area (Å²) in [4.78, 5) is 0. The van der Waals surface area contributed by atoms with Gasteiger partial charge in [0.2, 0.25) is 0 Å². The SMILES string of the molecule is CCC(N)C(c1ccc(Cl)cc1)n1nc(C)c(C)c1C. The van der Waals surface area contributed by atoms with Crippen LogP contribution in [0, 0.1) is 20.8 Å². The standard InChI is InChI=1S/C16H22ClN3/c1-5-15(18)16(13-6-8-14(17)9-7-13)20-12(4)10(2)11(3)19-20/h6-9,15-16H,5,18H2,1-4H3. The van der Waals surface area contributed by atoms with Crippen LogP contribution in [0.2, 0.25) is 5.02 Å². The van der Waals surface area contributed by atoms with E-state index in [9.17, 15) is 0 Å². The fourth-order valence-corrected chi connectivity index (χ4v) is 2.60. The topological polar surface area (TPSA) is 43.8 Å². The van der Waals surface area contributed by atoms with E-state index < -0.39 is 0 Å². The lowest BCUT2D eigenvalue weighted by atomic mass is 9.98. The molecule has 2 rings (SSSR count). The van der Waals surface area contributed by atoms with E-state index in [4.69, 9.17) is 17.3 Å².